The molecule has 1 rings (SSSR count). The largest absolute Gasteiger partial charge is 0.373 e. The van der Waals surface area contributed by atoms with Crippen LogP contribution in [0.3, 0.4) is 0 Å². The molecule has 0 radical (unpaired) electrons. The summed E-state index contributed by atoms with van der Waals surface area (Å²) in [6, 6.07) is 2.08. The molecule has 0 fully saturated rings. The molecule has 0 aliphatic heterocycles. The van der Waals surface area contributed by atoms with E-state index >= 15 is 0 Å². The van der Waals surface area contributed by atoms with Crippen LogP contribution in [0, 0.1) is 0 Å². The summed E-state index contributed by atoms with van der Waals surface area (Å²) in [5, 5.41) is 7.69. The van der Waals surface area contributed by atoms with Crippen molar-refractivity contribution in [3.63, 3.8) is 0 Å². The van der Waals surface area contributed by atoms with Crippen LogP contribution in [0.15, 0.2) is 17.1 Å². The molecule has 0 saturated carbocycles. The van der Waals surface area contributed by atoms with Crippen LogP contribution in [0.25, 0.3) is 0 Å². The average molecular weight is 280 g/mol. The number of hydrogen-bond donors (Lipinski definition) is 1. The Bertz CT molecular complexity index is 444. The van der Waals surface area contributed by atoms with Crippen LogP contribution < -0.4 is 15.8 Å². The fourth-order valence-corrected chi connectivity index (χ4v) is 2.07. The van der Waals surface area contributed by atoms with Gasteiger partial charge >= 0.3 is 0 Å². The third-order valence-corrected chi connectivity index (χ3v) is 3.37. The zero-order valence-corrected chi connectivity index (χ0v) is 13.2. The Morgan fingerprint density at radius 2 is 2.15 bits per heavy atom. The Balaban J connectivity index is 2.58. The molecule has 1 aromatic rings. The molecule has 20 heavy (non-hydrogen) atoms. The van der Waals surface area contributed by atoms with E-state index in [0.717, 1.165) is 38.0 Å². The Kier molecular flexibility index (Phi) is 7.30. The molecule has 0 aliphatic rings. The van der Waals surface area contributed by atoms with Crippen molar-refractivity contribution in [1.29, 1.82) is 0 Å². The maximum atomic E-state index is 12.0. The zero-order valence-electron chi connectivity index (χ0n) is 13.2. The highest BCUT2D eigenvalue weighted by Crippen LogP contribution is 2.07. The lowest BCUT2D eigenvalue weighted by Crippen LogP contribution is -2.31. The molecule has 0 bridgehead atoms. The van der Waals surface area contributed by atoms with Gasteiger partial charge in [0.15, 0.2) is 0 Å². The van der Waals surface area contributed by atoms with Gasteiger partial charge in [-0.3, -0.25) is 4.79 Å². The van der Waals surface area contributed by atoms with Crippen LogP contribution in [-0.4, -0.2) is 36.0 Å². The molecule has 5 nitrogen and oxygen atoms in total. The van der Waals surface area contributed by atoms with Gasteiger partial charge in [-0.2, -0.15) is 5.10 Å². The van der Waals surface area contributed by atoms with Gasteiger partial charge in [-0.25, -0.2) is 4.68 Å². The maximum Gasteiger partial charge on any atom is 0.268 e. The van der Waals surface area contributed by atoms with E-state index in [0.29, 0.717) is 12.6 Å². The summed E-state index contributed by atoms with van der Waals surface area (Å²) in [7, 11) is 1.99. The fraction of sp³-hybridized carbons (Fsp3) is 0.733. The van der Waals surface area contributed by atoms with Crippen molar-refractivity contribution in [3.8, 4) is 0 Å². The normalized spacial score (nSPS) is 12.4. The maximum absolute atomic E-state index is 12.0. The molecule has 1 unspecified atom stereocenters. The molecule has 0 aliphatic carbocycles. The summed E-state index contributed by atoms with van der Waals surface area (Å²) < 4.78 is 1.55. The van der Waals surface area contributed by atoms with Crippen molar-refractivity contribution in [1.82, 2.24) is 15.1 Å². The summed E-state index contributed by atoms with van der Waals surface area (Å²) in [6.07, 6.45) is 4.87. The molecule has 1 atom stereocenters. The van der Waals surface area contributed by atoms with Crippen LogP contribution >= 0.6 is 0 Å². The summed E-state index contributed by atoms with van der Waals surface area (Å²) in [4.78, 5) is 14.1. The van der Waals surface area contributed by atoms with Crippen LogP contribution in [0.4, 0.5) is 5.69 Å². The van der Waals surface area contributed by atoms with Crippen LogP contribution in [0.2, 0.25) is 0 Å². The van der Waals surface area contributed by atoms with E-state index < -0.39 is 0 Å². The topological polar surface area (TPSA) is 50.2 Å². The first-order valence-corrected chi connectivity index (χ1v) is 7.60. The van der Waals surface area contributed by atoms with Crippen molar-refractivity contribution in [2.75, 3.05) is 25.0 Å². The van der Waals surface area contributed by atoms with Gasteiger partial charge in [0, 0.05) is 32.2 Å². The lowest BCUT2D eigenvalue weighted by molar-refractivity contribution is 0.449. The van der Waals surface area contributed by atoms with E-state index in [-0.39, 0.29) is 5.56 Å². The van der Waals surface area contributed by atoms with Crippen LogP contribution in [-0.2, 0) is 6.54 Å². The third kappa shape index (κ3) is 5.33. The van der Waals surface area contributed by atoms with E-state index in [1.54, 1.807) is 16.9 Å². The standard InChI is InChI=1S/C15H28N4O/c1-5-8-16-13(3)7-10-19-15(20)11-14(12-17-19)18(4)9-6-2/h11-13,16H,5-10H2,1-4H3. The second kappa shape index (κ2) is 8.74. The van der Waals surface area contributed by atoms with Gasteiger partial charge in [-0.05, 0) is 32.7 Å². The number of aryl methyl sites for hydroxylation is 1. The number of nitrogens with zero attached hydrogens (tertiary/aromatic N) is 3. The quantitative estimate of drug-likeness (QED) is 0.750. The minimum Gasteiger partial charge on any atom is -0.373 e. The molecule has 0 amide bonds. The van der Waals surface area contributed by atoms with Crippen molar-refractivity contribution < 1.29 is 0 Å². The van der Waals surface area contributed by atoms with Gasteiger partial charge in [0.25, 0.3) is 5.56 Å². The number of hydrogen-bond acceptors (Lipinski definition) is 4. The SMILES string of the molecule is CCCNC(C)CCn1ncc(N(C)CCC)cc1=O. The average Bonchev–Trinajstić information content (AvgIpc) is 2.43. The lowest BCUT2D eigenvalue weighted by Gasteiger charge is -2.18. The fourth-order valence-electron chi connectivity index (χ4n) is 2.07. The van der Waals surface area contributed by atoms with Gasteiger partial charge < -0.3 is 10.2 Å². The molecule has 114 valence electrons. The summed E-state index contributed by atoms with van der Waals surface area (Å²) in [6.45, 7) is 9.03. The number of nitrogens with one attached hydrogen (secondary N) is 1. The zero-order chi connectivity index (χ0) is 15.0. The first-order chi connectivity index (χ1) is 9.58. The minimum absolute atomic E-state index is 0.0202. The first-order valence-electron chi connectivity index (χ1n) is 7.60. The summed E-state index contributed by atoms with van der Waals surface area (Å²) in [5.74, 6) is 0. The monoisotopic (exact) mass is 280 g/mol. The van der Waals surface area contributed by atoms with Gasteiger partial charge in [-0.1, -0.05) is 13.8 Å². The number of aromatic nitrogens is 2. The summed E-state index contributed by atoms with van der Waals surface area (Å²) >= 11 is 0. The Labute approximate surface area is 122 Å². The Morgan fingerprint density at radius 3 is 2.75 bits per heavy atom. The molecule has 1 aromatic heterocycles. The molecular weight excluding hydrogens is 252 g/mol. The molecule has 1 N–H and O–H groups in total. The lowest BCUT2D eigenvalue weighted by atomic mass is 10.2. The molecule has 1 heterocycles. The van der Waals surface area contributed by atoms with E-state index in [1.807, 2.05) is 7.05 Å². The molecule has 0 saturated heterocycles. The Hall–Kier alpha value is -1.36. The highest BCUT2D eigenvalue weighted by atomic mass is 16.1. The van der Waals surface area contributed by atoms with Gasteiger partial charge in [0.1, 0.15) is 0 Å². The molecule has 5 heteroatoms. The highest BCUT2D eigenvalue weighted by Gasteiger charge is 2.06. The first kappa shape index (κ1) is 16.7. The molecule has 0 spiro atoms. The van der Waals surface area contributed by atoms with Gasteiger partial charge in [0.2, 0.25) is 0 Å². The van der Waals surface area contributed by atoms with Crippen molar-refractivity contribution in [2.24, 2.45) is 0 Å². The summed E-state index contributed by atoms with van der Waals surface area (Å²) in [5.41, 5.74) is 0.874. The van der Waals surface area contributed by atoms with Crippen molar-refractivity contribution in [2.45, 2.75) is 52.6 Å². The van der Waals surface area contributed by atoms with Crippen LogP contribution in [0.1, 0.15) is 40.0 Å². The van der Waals surface area contributed by atoms with E-state index in [4.69, 9.17) is 0 Å². The number of rotatable bonds is 9. The van der Waals surface area contributed by atoms with Crippen molar-refractivity contribution in [3.05, 3.63) is 22.6 Å². The number of anilines is 1. The van der Waals surface area contributed by atoms with E-state index in [2.05, 4.69) is 36.1 Å². The van der Waals surface area contributed by atoms with Gasteiger partial charge in [0.05, 0.1) is 11.9 Å². The second-order valence-electron chi connectivity index (χ2n) is 5.34. The van der Waals surface area contributed by atoms with Crippen molar-refractivity contribution >= 4 is 5.69 Å². The third-order valence-electron chi connectivity index (χ3n) is 3.37. The predicted octanol–water partition coefficient (Wildman–Crippen LogP) is 1.87. The van der Waals surface area contributed by atoms with E-state index in [9.17, 15) is 4.79 Å². The highest BCUT2D eigenvalue weighted by molar-refractivity contribution is 5.41. The second-order valence-corrected chi connectivity index (χ2v) is 5.34. The smallest absolute Gasteiger partial charge is 0.268 e. The van der Waals surface area contributed by atoms with Gasteiger partial charge in [-0.15, -0.1) is 0 Å². The van der Waals surface area contributed by atoms with E-state index in [1.165, 1.54) is 0 Å². The van der Waals surface area contributed by atoms with Crippen LogP contribution in [0.5, 0.6) is 0 Å². The Morgan fingerprint density at radius 1 is 1.40 bits per heavy atom. The minimum atomic E-state index is -0.0202. The molecule has 0 aromatic carbocycles. The molecular formula is C15H28N4O. The predicted molar refractivity (Wildman–Crippen MR) is 84.4 cm³/mol.